The smallest absolute Gasteiger partial charge is 0.261 e. The number of aromatic nitrogens is 3. The molecule has 0 saturated heterocycles. The van der Waals surface area contributed by atoms with Gasteiger partial charge in [0.1, 0.15) is 6.33 Å². The quantitative estimate of drug-likeness (QED) is 0.687. The molecule has 3 N–H and O–H groups in total. The number of carbonyl (C=O) groups is 2. The molecule has 0 spiro atoms. The number of nitrogens with zero attached hydrogens (tertiary/aromatic N) is 2. The number of nitrogens with one attached hydrogen (secondary N) is 3. The highest BCUT2D eigenvalue weighted by Gasteiger charge is 2.07. The van der Waals surface area contributed by atoms with Gasteiger partial charge >= 0.3 is 0 Å². The summed E-state index contributed by atoms with van der Waals surface area (Å²) in [6, 6.07) is 3.58. The fourth-order valence-electron chi connectivity index (χ4n) is 1.41. The zero-order valence-electron chi connectivity index (χ0n) is 10.0. The Morgan fingerprint density at radius 2 is 2.32 bits per heavy atom. The number of anilines is 1. The van der Waals surface area contributed by atoms with Crippen LogP contribution in [-0.4, -0.2) is 33.5 Å². The summed E-state index contributed by atoms with van der Waals surface area (Å²) >= 11 is 1.39. The van der Waals surface area contributed by atoms with Crippen LogP contribution in [0.15, 0.2) is 23.8 Å². The average molecular weight is 279 g/mol. The van der Waals surface area contributed by atoms with Crippen LogP contribution in [-0.2, 0) is 4.79 Å². The van der Waals surface area contributed by atoms with Crippen LogP contribution in [0.1, 0.15) is 22.5 Å². The highest BCUT2D eigenvalue weighted by molar-refractivity contribution is 7.12. The first kappa shape index (κ1) is 13.2. The lowest BCUT2D eigenvalue weighted by atomic mass is 10.3. The minimum atomic E-state index is -0.165. The second kappa shape index (κ2) is 6.64. The molecular weight excluding hydrogens is 266 g/mol. The van der Waals surface area contributed by atoms with Crippen molar-refractivity contribution in [3.8, 4) is 0 Å². The van der Waals surface area contributed by atoms with Crippen molar-refractivity contribution in [2.24, 2.45) is 0 Å². The van der Waals surface area contributed by atoms with Crippen molar-refractivity contribution in [1.82, 2.24) is 20.5 Å². The molecule has 0 aliphatic rings. The van der Waals surface area contributed by atoms with E-state index in [0.29, 0.717) is 30.2 Å². The lowest BCUT2D eigenvalue weighted by Gasteiger charge is -2.03. The Morgan fingerprint density at radius 1 is 1.42 bits per heavy atom. The second-order valence-electron chi connectivity index (χ2n) is 3.72. The standard InChI is InChI=1S/C11H13N5O2S/c17-9(15-11-13-7-14-16-11)4-1-5-12-10(18)8-3-2-6-19-8/h2-3,6-7H,1,4-5H2,(H,12,18)(H2,13,14,15,16,17). The van der Waals surface area contributed by atoms with Crippen LogP contribution >= 0.6 is 11.3 Å². The van der Waals surface area contributed by atoms with Crippen molar-refractivity contribution >= 4 is 29.1 Å². The first-order chi connectivity index (χ1) is 9.25. The minimum Gasteiger partial charge on any atom is -0.351 e. The monoisotopic (exact) mass is 279 g/mol. The first-order valence-electron chi connectivity index (χ1n) is 5.72. The largest absolute Gasteiger partial charge is 0.351 e. The van der Waals surface area contributed by atoms with E-state index < -0.39 is 0 Å². The van der Waals surface area contributed by atoms with Gasteiger partial charge in [-0.1, -0.05) is 6.07 Å². The third-order valence-electron chi connectivity index (χ3n) is 2.28. The Morgan fingerprint density at radius 3 is 3.00 bits per heavy atom. The van der Waals surface area contributed by atoms with Crippen molar-refractivity contribution in [1.29, 1.82) is 0 Å². The minimum absolute atomic E-state index is 0.106. The highest BCUT2D eigenvalue weighted by Crippen LogP contribution is 2.07. The summed E-state index contributed by atoms with van der Waals surface area (Å²) in [5.74, 6) is 0.0559. The number of thiophene rings is 1. The highest BCUT2D eigenvalue weighted by atomic mass is 32.1. The lowest BCUT2D eigenvalue weighted by molar-refractivity contribution is -0.116. The molecule has 2 heterocycles. The molecule has 0 atom stereocenters. The molecule has 2 rings (SSSR count). The molecule has 0 saturated carbocycles. The Balaban J connectivity index is 1.61. The summed E-state index contributed by atoms with van der Waals surface area (Å²) in [5.41, 5.74) is 0. The molecule has 2 aromatic heterocycles. The molecule has 0 radical (unpaired) electrons. The maximum Gasteiger partial charge on any atom is 0.261 e. The van der Waals surface area contributed by atoms with E-state index in [0.717, 1.165) is 0 Å². The third kappa shape index (κ3) is 4.18. The van der Waals surface area contributed by atoms with Gasteiger partial charge in [-0.2, -0.15) is 10.1 Å². The molecule has 0 aliphatic carbocycles. The molecule has 8 heteroatoms. The van der Waals surface area contributed by atoms with Crippen LogP contribution in [0, 0.1) is 0 Å². The van der Waals surface area contributed by atoms with Crippen molar-refractivity contribution in [3.63, 3.8) is 0 Å². The topological polar surface area (TPSA) is 99.8 Å². The summed E-state index contributed by atoms with van der Waals surface area (Å²) in [6.45, 7) is 0.459. The van der Waals surface area contributed by atoms with Gasteiger partial charge in [-0.3, -0.25) is 14.9 Å². The predicted octanol–water partition coefficient (Wildman–Crippen LogP) is 1.01. The number of aromatic amines is 1. The normalized spacial score (nSPS) is 10.1. The second-order valence-corrected chi connectivity index (χ2v) is 4.67. The van der Waals surface area contributed by atoms with E-state index in [2.05, 4.69) is 25.8 Å². The molecular formula is C11H13N5O2S. The summed E-state index contributed by atoms with van der Waals surface area (Å²) in [5, 5.41) is 13.3. The summed E-state index contributed by atoms with van der Waals surface area (Å²) in [4.78, 5) is 27.5. The number of carbonyl (C=O) groups excluding carboxylic acids is 2. The van der Waals surface area contributed by atoms with Crippen LogP contribution in [0.5, 0.6) is 0 Å². The van der Waals surface area contributed by atoms with Gasteiger partial charge in [0.15, 0.2) is 0 Å². The van der Waals surface area contributed by atoms with Gasteiger partial charge in [0.2, 0.25) is 11.9 Å². The first-order valence-corrected chi connectivity index (χ1v) is 6.60. The van der Waals surface area contributed by atoms with Gasteiger partial charge < -0.3 is 5.32 Å². The van der Waals surface area contributed by atoms with Crippen molar-refractivity contribution in [2.75, 3.05) is 11.9 Å². The molecule has 100 valence electrons. The van der Waals surface area contributed by atoms with Gasteiger partial charge in [0, 0.05) is 13.0 Å². The SMILES string of the molecule is O=C(CCCNC(=O)c1cccs1)Nc1ncn[nH]1. The van der Waals surface area contributed by atoms with Crippen LogP contribution in [0.25, 0.3) is 0 Å². The Bertz CT molecular complexity index is 523. The van der Waals surface area contributed by atoms with Crippen LogP contribution in [0.2, 0.25) is 0 Å². The van der Waals surface area contributed by atoms with E-state index in [1.54, 1.807) is 6.07 Å². The molecule has 2 amide bonds. The van der Waals surface area contributed by atoms with E-state index in [9.17, 15) is 9.59 Å². The maximum atomic E-state index is 11.6. The molecule has 0 aromatic carbocycles. The summed E-state index contributed by atoms with van der Waals surface area (Å²) in [7, 11) is 0. The average Bonchev–Trinajstić information content (AvgIpc) is 3.06. The maximum absolute atomic E-state index is 11.6. The summed E-state index contributed by atoms with van der Waals surface area (Å²) < 4.78 is 0. The lowest BCUT2D eigenvalue weighted by Crippen LogP contribution is -2.24. The van der Waals surface area contributed by atoms with E-state index in [4.69, 9.17) is 0 Å². The summed E-state index contributed by atoms with van der Waals surface area (Å²) in [6.07, 6.45) is 2.19. The number of hydrogen-bond acceptors (Lipinski definition) is 5. The third-order valence-corrected chi connectivity index (χ3v) is 3.15. The predicted molar refractivity (Wildman–Crippen MR) is 70.9 cm³/mol. The van der Waals surface area contributed by atoms with E-state index >= 15 is 0 Å². The molecule has 0 fully saturated rings. The molecule has 0 aliphatic heterocycles. The van der Waals surface area contributed by atoms with Crippen LogP contribution < -0.4 is 10.6 Å². The number of amides is 2. The van der Waals surface area contributed by atoms with Crippen LogP contribution in [0.3, 0.4) is 0 Å². The van der Waals surface area contributed by atoms with Gasteiger partial charge in [-0.05, 0) is 17.9 Å². The Kier molecular flexibility index (Phi) is 4.62. The fraction of sp³-hybridized carbons (Fsp3) is 0.273. The van der Waals surface area contributed by atoms with Crippen molar-refractivity contribution in [3.05, 3.63) is 28.7 Å². The Labute approximate surface area is 113 Å². The number of H-pyrrole nitrogens is 1. The Hall–Kier alpha value is -2.22. The van der Waals surface area contributed by atoms with E-state index in [1.165, 1.54) is 17.7 Å². The van der Waals surface area contributed by atoms with E-state index in [1.807, 2.05) is 11.4 Å². The van der Waals surface area contributed by atoms with Gasteiger partial charge in [-0.25, -0.2) is 5.10 Å². The molecule has 0 unspecified atom stereocenters. The molecule has 0 bridgehead atoms. The molecule has 7 nitrogen and oxygen atoms in total. The number of hydrogen-bond donors (Lipinski definition) is 3. The van der Waals surface area contributed by atoms with Crippen molar-refractivity contribution < 1.29 is 9.59 Å². The molecule has 2 aromatic rings. The molecule has 19 heavy (non-hydrogen) atoms. The number of rotatable bonds is 6. The fourth-order valence-corrected chi connectivity index (χ4v) is 2.05. The van der Waals surface area contributed by atoms with E-state index in [-0.39, 0.29) is 11.8 Å². The zero-order valence-corrected chi connectivity index (χ0v) is 10.9. The zero-order chi connectivity index (χ0) is 13.5. The van der Waals surface area contributed by atoms with Gasteiger partial charge in [-0.15, -0.1) is 11.3 Å². The van der Waals surface area contributed by atoms with Crippen molar-refractivity contribution in [2.45, 2.75) is 12.8 Å². The van der Waals surface area contributed by atoms with Gasteiger partial charge in [0.25, 0.3) is 5.91 Å². The van der Waals surface area contributed by atoms with Gasteiger partial charge in [0.05, 0.1) is 4.88 Å². The van der Waals surface area contributed by atoms with Crippen LogP contribution in [0.4, 0.5) is 5.95 Å².